The molecule has 0 radical (unpaired) electrons. The van der Waals surface area contributed by atoms with Crippen molar-refractivity contribution >= 4 is 21.8 Å². The highest BCUT2D eigenvalue weighted by Crippen LogP contribution is 2.25. The zero-order valence-electron chi connectivity index (χ0n) is 12.2. The number of hydrogen-bond acceptors (Lipinski definition) is 3. The van der Waals surface area contributed by atoms with Crippen LogP contribution < -0.4 is 10.1 Å². The Kier molecular flexibility index (Phi) is 5.58. The predicted octanol–water partition coefficient (Wildman–Crippen LogP) is 3.19. The van der Waals surface area contributed by atoms with Crippen LogP contribution in [0.5, 0.6) is 5.75 Å². The summed E-state index contributed by atoms with van der Waals surface area (Å²) in [6.45, 7) is 7.34. The summed E-state index contributed by atoms with van der Waals surface area (Å²) in [4.78, 5) is 11.9. The zero-order valence-corrected chi connectivity index (χ0v) is 13.7. The third-order valence-electron chi connectivity index (χ3n) is 3.23. The fourth-order valence-corrected chi connectivity index (χ4v) is 2.10. The fourth-order valence-electron chi connectivity index (χ4n) is 1.49. The number of nitriles is 1. The van der Waals surface area contributed by atoms with Gasteiger partial charge >= 0.3 is 0 Å². The van der Waals surface area contributed by atoms with E-state index in [-0.39, 0.29) is 18.4 Å². The first-order valence-corrected chi connectivity index (χ1v) is 7.19. The third-order valence-corrected chi connectivity index (χ3v) is 3.85. The minimum atomic E-state index is -0.884. The van der Waals surface area contributed by atoms with E-state index in [4.69, 9.17) is 10.00 Å². The van der Waals surface area contributed by atoms with Gasteiger partial charge < -0.3 is 10.1 Å². The number of halogens is 1. The number of nitrogens with one attached hydrogen (secondary N) is 1. The van der Waals surface area contributed by atoms with Gasteiger partial charge in [0.15, 0.2) is 6.61 Å². The molecular formula is C15H19BrN2O2. The van der Waals surface area contributed by atoms with E-state index in [0.29, 0.717) is 5.75 Å². The summed E-state index contributed by atoms with van der Waals surface area (Å²) in [6.07, 6.45) is 0. The van der Waals surface area contributed by atoms with Gasteiger partial charge in [0.2, 0.25) is 0 Å². The molecule has 1 amide bonds. The first-order chi connectivity index (χ1) is 9.28. The molecule has 5 heteroatoms. The van der Waals surface area contributed by atoms with Crippen LogP contribution in [0.4, 0.5) is 0 Å². The van der Waals surface area contributed by atoms with Crippen molar-refractivity contribution in [3.63, 3.8) is 0 Å². The Morgan fingerprint density at radius 1 is 1.55 bits per heavy atom. The lowest BCUT2D eigenvalue weighted by Gasteiger charge is -2.27. The molecule has 0 bridgehead atoms. The van der Waals surface area contributed by atoms with E-state index in [2.05, 4.69) is 27.3 Å². The molecule has 20 heavy (non-hydrogen) atoms. The van der Waals surface area contributed by atoms with Crippen molar-refractivity contribution in [3.05, 3.63) is 28.2 Å². The third kappa shape index (κ3) is 4.24. The van der Waals surface area contributed by atoms with E-state index in [0.717, 1.165) is 10.0 Å². The number of amides is 1. The average Bonchev–Trinajstić information content (AvgIpc) is 2.37. The highest BCUT2D eigenvalue weighted by atomic mass is 79.9. The molecule has 1 atom stereocenters. The van der Waals surface area contributed by atoms with Gasteiger partial charge in [0, 0.05) is 0 Å². The Morgan fingerprint density at radius 3 is 2.70 bits per heavy atom. The maximum Gasteiger partial charge on any atom is 0.259 e. The fraction of sp³-hybridized carbons (Fsp3) is 0.467. The first kappa shape index (κ1) is 16.5. The monoisotopic (exact) mass is 338 g/mol. The Labute approximate surface area is 128 Å². The van der Waals surface area contributed by atoms with E-state index in [1.807, 2.05) is 32.9 Å². The van der Waals surface area contributed by atoms with Crippen molar-refractivity contribution in [3.8, 4) is 11.8 Å². The summed E-state index contributed by atoms with van der Waals surface area (Å²) >= 11 is 3.39. The van der Waals surface area contributed by atoms with Crippen LogP contribution in [0.25, 0.3) is 0 Å². The van der Waals surface area contributed by atoms with Crippen molar-refractivity contribution in [1.29, 1.82) is 5.26 Å². The van der Waals surface area contributed by atoms with Crippen LogP contribution >= 0.6 is 15.9 Å². The molecule has 0 unspecified atom stereocenters. The van der Waals surface area contributed by atoms with Crippen LogP contribution in [0.15, 0.2) is 22.7 Å². The van der Waals surface area contributed by atoms with Gasteiger partial charge in [-0.15, -0.1) is 0 Å². The molecule has 1 aromatic rings. The molecule has 0 aliphatic carbocycles. The van der Waals surface area contributed by atoms with E-state index >= 15 is 0 Å². The number of rotatable bonds is 5. The van der Waals surface area contributed by atoms with Crippen molar-refractivity contribution in [2.45, 2.75) is 33.2 Å². The Bertz CT molecular complexity index is 537. The second kappa shape index (κ2) is 6.76. The average molecular weight is 339 g/mol. The van der Waals surface area contributed by atoms with Gasteiger partial charge in [-0.25, -0.2) is 0 Å². The quantitative estimate of drug-likeness (QED) is 0.896. The summed E-state index contributed by atoms with van der Waals surface area (Å²) in [6, 6.07) is 7.76. The molecule has 0 heterocycles. The highest BCUT2D eigenvalue weighted by molar-refractivity contribution is 9.10. The smallest absolute Gasteiger partial charge is 0.259 e. The topological polar surface area (TPSA) is 62.1 Å². The summed E-state index contributed by atoms with van der Waals surface area (Å²) in [7, 11) is 0. The molecule has 4 nitrogen and oxygen atoms in total. The van der Waals surface area contributed by atoms with Gasteiger partial charge in [0.1, 0.15) is 11.3 Å². The maximum absolute atomic E-state index is 11.9. The molecule has 0 spiro atoms. The number of hydrogen-bond donors (Lipinski definition) is 1. The number of carbonyl (C=O) groups is 1. The molecule has 0 aliphatic rings. The number of ether oxygens (including phenoxy) is 1. The normalized spacial score (nSPS) is 13.4. The number of carbonyl (C=O) groups excluding carboxylic acids is 1. The molecular weight excluding hydrogens is 320 g/mol. The van der Waals surface area contributed by atoms with Gasteiger partial charge in [-0.2, -0.15) is 5.26 Å². The number of aryl methyl sites for hydroxylation is 1. The van der Waals surface area contributed by atoms with E-state index in [1.54, 1.807) is 13.0 Å². The maximum atomic E-state index is 11.9. The van der Waals surface area contributed by atoms with Crippen molar-refractivity contribution in [2.75, 3.05) is 6.61 Å². The second-order valence-corrected chi connectivity index (χ2v) is 6.09. The van der Waals surface area contributed by atoms with Gasteiger partial charge in [0.05, 0.1) is 10.5 Å². The van der Waals surface area contributed by atoms with E-state index < -0.39 is 5.54 Å². The van der Waals surface area contributed by atoms with E-state index in [1.165, 1.54) is 0 Å². The number of benzene rings is 1. The Morgan fingerprint density at radius 2 is 2.20 bits per heavy atom. The van der Waals surface area contributed by atoms with E-state index in [9.17, 15) is 4.79 Å². The summed E-state index contributed by atoms with van der Waals surface area (Å²) < 4.78 is 6.26. The SMILES string of the molecule is Cc1ccc(OCC(=O)N[C@@](C)(C#N)C(C)C)c(Br)c1. The van der Waals surface area contributed by atoms with Crippen LogP contribution in [-0.2, 0) is 4.79 Å². The largest absolute Gasteiger partial charge is 0.483 e. The van der Waals surface area contributed by atoms with Crippen LogP contribution in [0.3, 0.4) is 0 Å². The van der Waals surface area contributed by atoms with Crippen LogP contribution in [-0.4, -0.2) is 18.1 Å². The molecule has 1 rings (SSSR count). The van der Waals surface area contributed by atoms with Gasteiger partial charge in [-0.3, -0.25) is 4.79 Å². The highest BCUT2D eigenvalue weighted by Gasteiger charge is 2.30. The summed E-state index contributed by atoms with van der Waals surface area (Å²) in [5.41, 5.74) is 0.218. The van der Waals surface area contributed by atoms with Crippen molar-refractivity contribution in [1.82, 2.24) is 5.32 Å². The molecule has 0 saturated carbocycles. The van der Waals surface area contributed by atoms with Crippen LogP contribution in [0.2, 0.25) is 0 Å². The lowest BCUT2D eigenvalue weighted by atomic mass is 9.90. The Balaban J connectivity index is 2.62. The van der Waals surface area contributed by atoms with Gasteiger partial charge in [-0.05, 0) is 53.4 Å². The zero-order chi connectivity index (χ0) is 15.3. The number of nitrogens with zero attached hydrogens (tertiary/aromatic N) is 1. The molecule has 1 aromatic carbocycles. The molecule has 108 valence electrons. The summed E-state index contributed by atoms with van der Waals surface area (Å²) in [5, 5.41) is 11.9. The molecule has 1 N–H and O–H groups in total. The lowest BCUT2D eigenvalue weighted by molar-refractivity contribution is -0.124. The van der Waals surface area contributed by atoms with Gasteiger partial charge in [-0.1, -0.05) is 19.9 Å². The molecule has 0 aliphatic heterocycles. The second-order valence-electron chi connectivity index (χ2n) is 5.24. The first-order valence-electron chi connectivity index (χ1n) is 6.39. The molecule has 0 fully saturated rings. The molecule has 0 aromatic heterocycles. The van der Waals surface area contributed by atoms with Gasteiger partial charge in [0.25, 0.3) is 5.91 Å². The Hall–Kier alpha value is -1.54. The van der Waals surface area contributed by atoms with Crippen LogP contribution in [0.1, 0.15) is 26.3 Å². The lowest BCUT2D eigenvalue weighted by Crippen LogP contribution is -2.50. The predicted molar refractivity (Wildman–Crippen MR) is 81.4 cm³/mol. The van der Waals surface area contributed by atoms with Crippen molar-refractivity contribution in [2.24, 2.45) is 5.92 Å². The van der Waals surface area contributed by atoms with Crippen LogP contribution in [0, 0.1) is 24.2 Å². The minimum Gasteiger partial charge on any atom is -0.483 e. The standard InChI is InChI=1S/C15H19BrN2O2/c1-10(2)15(4,9-17)18-14(19)8-20-13-6-5-11(3)7-12(13)16/h5-7,10H,8H2,1-4H3,(H,18,19)/t15-/m0/s1. The van der Waals surface area contributed by atoms with Crippen molar-refractivity contribution < 1.29 is 9.53 Å². The minimum absolute atomic E-state index is 0.0163. The molecule has 0 saturated heterocycles. The summed E-state index contributed by atoms with van der Waals surface area (Å²) in [5.74, 6) is 0.312.